The maximum absolute atomic E-state index is 5.41. The minimum atomic E-state index is 0.693. The SMILES string of the molecule is CC(C)CN(CCNC1CCOCC1)C1CCCC1. The third-order valence-corrected chi connectivity index (χ3v) is 4.49. The van der Waals surface area contributed by atoms with Gasteiger partial charge in [0.1, 0.15) is 0 Å². The van der Waals surface area contributed by atoms with Crippen LogP contribution in [0.5, 0.6) is 0 Å². The van der Waals surface area contributed by atoms with Crippen molar-refractivity contribution in [2.24, 2.45) is 5.92 Å². The second-order valence-corrected chi connectivity index (χ2v) is 6.67. The maximum Gasteiger partial charge on any atom is 0.0480 e. The van der Waals surface area contributed by atoms with E-state index in [4.69, 9.17) is 4.74 Å². The van der Waals surface area contributed by atoms with Gasteiger partial charge in [0.15, 0.2) is 0 Å². The topological polar surface area (TPSA) is 24.5 Å². The minimum absolute atomic E-state index is 0.693. The molecule has 1 saturated heterocycles. The van der Waals surface area contributed by atoms with Crippen molar-refractivity contribution < 1.29 is 4.74 Å². The van der Waals surface area contributed by atoms with Crippen molar-refractivity contribution in [1.82, 2.24) is 10.2 Å². The summed E-state index contributed by atoms with van der Waals surface area (Å²) in [5, 5.41) is 3.73. The lowest BCUT2D eigenvalue weighted by Crippen LogP contribution is -2.43. The smallest absolute Gasteiger partial charge is 0.0480 e. The molecule has 1 aliphatic heterocycles. The lowest BCUT2D eigenvalue weighted by molar-refractivity contribution is 0.0762. The molecule has 0 aromatic carbocycles. The van der Waals surface area contributed by atoms with E-state index in [0.29, 0.717) is 6.04 Å². The summed E-state index contributed by atoms with van der Waals surface area (Å²) in [5.41, 5.74) is 0. The van der Waals surface area contributed by atoms with E-state index in [-0.39, 0.29) is 0 Å². The number of rotatable bonds is 7. The first kappa shape index (κ1) is 15.3. The van der Waals surface area contributed by atoms with Crippen LogP contribution < -0.4 is 5.32 Å². The molecule has 19 heavy (non-hydrogen) atoms. The Morgan fingerprint density at radius 3 is 2.42 bits per heavy atom. The van der Waals surface area contributed by atoms with E-state index in [9.17, 15) is 0 Å². The standard InChI is InChI=1S/C16H32N2O/c1-14(2)13-18(16-5-3-4-6-16)10-9-17-15-7-11-19-12-8-15/h14-17H,3-13H2,1-2H3. The van der Waals surface area contributed by atoms with Gasteiger partial charge in [-0.2, -0.15) is 0 Å². The van der Waals surface area contributed by atoms with E-state index in [1.165, 1.54) is 51.6 Å². The Morgan fingerprint density at radius 1 is 1.11 bits per heavy atom. The first-order chi connectivity index (χ1) is 9.25. The monoisotopic (exact) mass is 268 g/mol. The fraction of sp³-hybridized carbons (Fsp3) is 1.00. The van der Waals surface area contributed by atoms with E-state index < -0.39 is 0 Å². The lowest BCUT2D eigenvalue weighted by Gasteiger charge is -2.31. The highest BCUT2D eigenvalue weighted by Crippen LogP contribution is 2.23. The molecular weight excluding hydrogens is 236 g/mol. The molecule has 0 amide bonds. The van der Waals surface area contributed by atoms with Crippen LogP contribution in [0.15, 0.2) is 0 Å². The van der Waals surface area contributed by atoms with Crippen LogP contribution in [0.2, 0.25) is 0 Å². The molecule has 2 fully saturated rings. The van der Waals surface area contributed by atoms with Crippen LogP contribution in [0.3, 0.4) is 0 Å². The van der Waals surface area contributed by atoms with E-state index in [1.807, 2.05) is 0 Å². The van der Waals surface area contributed by atoms with Crippen LogP contribution in [0.4, 0.5) is 0 Å². The first-order valence-electron chi connectivity index (χ1n) is 8.31. The second kappa shape index (κ2) is 8.23. The predicted molar refractivity (Wildman–Crippen MR) is 80.5 cm³/mol. The summed E-state index contributed by atoms with van der Waals surface area (Å²) in [6.45, 7) is 10.2. The fourth-order valence-corrected chi connectivity index (χ4v) is 3.48. The zero-order valence-corrected chi connectivity index (χ0v) is 12.9. The van der Waals surface area contributed by atoms with Crippen LogP contribution in [0.1, 0.15) is 52.4 Å². The minimum Gasteiger partial charge on any atom is -0.381 e. The van der Waals surface area contributed by atoms with Crippen molar-refractivity contribution in [1.29, 1.82) is 0 Å². The highest BCUT2D eigenvalue weighted by molar-refractivity contribution is 4.79. The average Bonchev–Trinajstić information content (AvgIpc) is 2.92. The van der Waals surface area contributed by atoms with Crippen LogP contribution in [0.25, 0.3) is 0 Å². The summed E-state index contributed by atoms with van der Waals surface area (Å²) in [5.74, 6) is 0.781. The number of hydrogen-bond acceptors (Lipinski definition) is 3. The molecule has 1 heterocycles. The van der Waals surface area contributed by atoms with Gasteiger partial charge in [0.2, 0.25) is 0 Å². The second-order valence-electron chi connectivity index (χ2n) is 6.67. The average molecular weight is 268 g/mol. The summed E-state index contributed by atoms with van der Waals surface area (Å²) in [6, 6.07) is 1.55. The Bertz CT molecular complexity index is 233. The van der Waals surface area contributed by atoms with E-state index >= 15 is 0 Å². The van der Waals surface area contributed by atoms with Crippen molar-refractivity contribution in [2.45, 2.75) is 64.5 Å². The van der Waals surface area contributed by atoms with Crippen molar-refractivity contribution in [3.63, 3.8) is 0 Å². The van der Waals surface area contributed by atoms with Gasteiger partial charge in [-0.3, -0.25) is 4.90 Å². The molecule has 0 spiro atoms. The Hall–Kier alpha value is -0.120. The van der Waals surface area contributed by atoms with E-state index in [0.717, 1.165) is 31.7 Å². The van der Waals surface area contributed by atoms with Gasteiger partial charge >= 0.3 is 0 Å². The molecule has 1 aliphatic carbocycles. The summed E-state index contributed by atoms with van der Waals surface area (Å²) < 4.78 is 5.41. The molecule has 2 aliphatic rings. The highest BCUT2D eigenvalue weighted by Gasteiger charge is 2.23. The Labute approximate surface area is 119 Å². The van der Waals surface area contributed by atoms with E-state index in [1.54, 1.807) is 0 Å². The lowest BCUT2D eigenvalue weighted by atomic mass is 10.1. The molecule has 0 bridgehead atoms. The summed E-state index contributed by atoms with van der Waals surface area (Å²) >= 11 is 0. The van der Waals surface area contributed by atoms with Crippen molar-refractivity contribution in [3.05, 3.63) is 0 Å². The molecule has 0 aromatic rings. The molecule has 0 unspecified atom stereocenters. The van der Waals surface area contributed by atoms with E-state index in [2.05, 4.69) is 24.1 Å². The quantitative estimate of drug-likeness (QED) is 0.768. The Kier molecular flexibility index (Phi) is 6.62. The number of hydrogen-bond donors (Lipinski definition) is 1. The molecule has 2 rings (SSSR count). The van der Waals surface area contributed by atoms with Gasteiger partial charge in [0, 0.05) is 44.9 Å². The largest absolute Gasteiger partial charge is 0.381 e. The molecule has 3 heteroatoms. The fourth-order valence-electron chi connectivity index (χ4n) is 3.48. The van der Waals surface area contributed by atoms with Gasteiger partial charge in [-0.05, 0) is 31.6 Å². The molecule has 0 radical (unpaired) electrons. The summed E-state index contributed by atoms with van der Waals surface area (Å²) in [4.78, 5) is 2.74. The predicted octanol–water partition coefficient (Wildman–Crippen LogP) is 2.66. The molecule has 0 atom stereocenters. The maximum atomic E-state index is 5.41. The van der Waals surface area contributed by atoms with Crippen LogP contribution in [-0.2, 0) is 4.74 Å². The Balaban J connectivity index is 1.69. The zero-order chi connectivity index (χ0) is 13.5. The normalized spacial score (nSPS) is 22.7. The first-order valence-corrected chi connectivity index (χ1v) is 8.31. The zero-order valence-electron chi connectivity index (χ0n) is 12.9. The third-order valence-electron chi connectivity index (χ3n) is 4.49. The van der Waals surface area contributed by atoms with Gasteiger partial charge in [-0.15, -0.1) is 0 Å². The van der Waals surface area contributed by atoms with Gasteiger partial charge in [-0.1, -0.05) is 26.7 Å². The van der Waals surface area contributed by atoms with Gasteiger partial charge in [-0.25, -0.2) is 0 Å². The molecule has 3 nitrogen and oxygen atoms in total. The van der Waals surface area contributed by atoms with Gasteiger partial charge < -0.3 is 10.1 Å². The van der Waals surface area contributed by atoms with Gasteiger partial charge in [0.05, 0.1) is 0 Å². The highest BCUT2D eigenvalue weighted by atomic mass is 16.5. The molecule has 0 aromatic heterocycles. The summed E-state index contributed by atoms with van der Waals surface area (Å²) in [6.07, 6.45) is 8.09. The van der Waals surface area contributed by atoms with Crippen molar-refractivity contribution in [3.8, 4) is 0 Å². The number of nitrogens with zero attached hydrogens (tertiary/aromatic N) is 1. The van der Waals surface area contributed by atoms with Crippen LogP contribution in [-0.4, -0.2) is 49.8 Å². The number of ether oxygens (including phenoxy) is 1. The van der Waals surface area contributed by atoms with Crippen LogP contribution in [0, 0.1) is 5.92 Å². The molecular formula is C16H32N2O. The number of nitrogens with one attached hydrogen (secondary N) is 1. The van der Waals surface area contributed by atoms with Crippen molar-refractivity contribution >= 4 is 0 Å². The Morgan fingerprint density at radius 2 is 1.79 bits per heavy atom. The molecule has 1 N–H and O–H groups in total. The molecule has 112 valence electrons. The summed E-state index contributed by atoms with van der Waals surface area (Å²) in [7, 11) is 0. The van der Waals surface area contributed by atoms with Crippen LogP contribution >= 0.6 is 0 Å². The van der Waals surface area contributed by atoms with Crippen molar-refractivity contribution in [2.75, 3.05) is 32.8 Å². The molecule has 1 saturated carbocycles. The van der Waals surface area contributed by atoms with Gasteiger partial charge in [0.25, 0.3) is 0 Å². The third kappa shape index (κ3) is 5.41.